The predicted octanol–water partition coefficient (Wildman–Crippen LogP) is 0.748. The topological polar surface area (TPSA) is 149 Å². The molecule has 0 aliphatic heterocycles. The first-order valence-electron chi connectivity index (χ1n) is 16.5. The largest absolute Gasteiger partial charge is 0.463 e. The average molecular weight is 674 g/mol. The van der Waals surface area contributed by atoms with Gasteiger partial charge < -0.3 is 66.9 Å². The molecule has 0 rings (SSSR count). The van der Waals surface area contributed by atoms with Crippen LogP contribution in [0.5, 0.6) is 0 Å². The van der Waals surface area contributed by atoms with Gasteiger partial charge in [-0.3, -0.25) is 4.79 Å². The Morgan fingerprint density at radius 1 is 0.370 bits per heavy atom. The molecule has 15 heteroatoms. The Morgan fingerprint density at radius 3 is 0.804 bits per heavy atom. The normalized spacial score (nSPS) is 11.4. The standard InChI is InChI=1S/C31H63NO14/c1-3-4-31(33)46-30-29-45-28-27-44-26-25-43-24-23-42-22-21-41-20-19-40-18-17-39-16-15-38-14-13-37-12-11-36-10-9-35-8-7-34-6-5-32-2/h32H,3-30H2,1-2H3. The number of nitrogens with one attached hydrogen (secondary N) is 1. The predicted molar refractivity (Wildman–Crippen MR) is 170 cm³/mol. The Bertz CT molecular complexity index is 579. The van der Waals surface area contributed by atoms with E-state index in [0.717, 1.165) is 13.0 Å². The zero-order valence-electron chi connectivity index (χ0n) is 28.5. The van der Waals surface area contributed by atoms with Gasteiger partial charge in [0.15, 0.2) is 0 Å². The van der Waals surface area contributed by atoms with Gasteiger partial charge >= 0.3 is 5.97 Å². The molecular weight excluding hydrogens is 610 g/mol. The van der Waals surface area contributed by atoms with Crippen molar-refractivity contribution in [1.82, 2.24) is 5.32 Å². The highest BCUT2D eigenvalue weighted by atomic mass is 16.6. The number of hydrogen-bond acceptors (Lipinski definition) is 15. The van der Waals surface area contributed by atoms with E-state index in [1.165, 1.54) is 0 Å². The van der Waals surface area contributed by atoms with Gasteiger partial charge in [-0.25, -0.2) is 0 Å². The van der Waals surface area contributed by atoms with Crippen LogP contribution in [0.4, 0.5) is 0 Å². The van der Waals surface area contributed by atoms with Crippen molar-refractivity contribution in [2.45, 2.75) is 19.8 Å². The van der Waals surface area contributed by atoms with Crippen molar-refractivity contribution in [2.75, 3.05) is 179 Å². The monoisotopic (exact) mass is 673 g/mol. The summed E-state index contributed by atoms with van der Waals surface area (Å²) in [6.07, 6.45) is 1.23. The Labute approximate surface area is 276 Å². The lowest BCUT2D eigenvalue weighted by molar-refractivity contribution is -0.145. The Balaban J connectivity index is 3.05. The van der Waals surface area contributed by atoms with E-state index in [0.29, 0.717) is 165 Å². The van der Waals surface area contributed by atoms with E-state index < -0.39 is 0 Å². The van der Waals surface area contributed by atoms with Gasteiger partial charge in [0.05, 0.1) is 159 Å². The zero-order valence-corrected chi connectivity index (χ0v) is 28.5. The van der Waals surface area contributed by atoms with E-state index in [9.17, 15) is 4.79 Å². The maximum absolute atomic E-state index is 11.2. The second-order valence-electron chi connectivity index (χ2n) is 9.42. The van der Waals surface area contributed by atoms with Crippen molar-refractivity contribution >= 4 is 5.97 Å². The maximum atomic E-state index is 11.2. The second kappa shape index (κ2) is 42.0. The molecule has 0 spiro atoms. The number of esters is 1. The molecule has 0 saturated heterocycles. The molecule has 46 heavy (non-hydrogen) atoms. The summed E-state index contributed by atoms with van der Waals surface area (Å²) in [5.74, 6) is -0.189. The lowest BCUT2D eigenvalue weighted by Crippen LogP contribution is -2.17. The Kier molecular flexibility index (Phi) is 41.0. The van der Waals surface area contributed by atoms with E-state index in [2.05, 4.69) is 5.32 Å². The lowest BCUT2D eigenvalue weighted by Gasteiger charge is -2.09. The fraction of sp³-hybridized carbons (Fsp3) is 0.968. The van der Waals surface area contributed by atoms with Crippen LogP contribution in [0.2, 0.25) is 0 Å². The molecule has 0 atom stereocenters. The Morgan fingerprint density at radius 2 is 0.587 bits per heavy atom. The van der Waals surface area contributed by atoms with Gasteiger partial charge in [-0.15, -0.1) is 0 Å². The molecule has 0 aromatic carbocycles. The third-order valence-electron chi connectivity index (χ3n) is 5.53. The molecule has 0 radical (unpaired) electrons. The molecule has 0 heterocycles. The van der Waals surface area contributed by atoms with Gasteiger partial charge in [0.2, 0.25) is 0 Å². The molecule has 0 aromatic rings. The summed E-state index contributed by atoms with van der Waals surface area (Å²) in [5.41, 5.74) is 0. The van der Waals surface area contributed by atoms with Crippen molar-refractivity contribution in [3.05, 3.63) is 0 Å². The molecular formula is C31H63NO14. The van der Waals surface area contributed by atoms with Crippen LogP contribution in [0, 0.1) is 0 Å². The van der Waals surface area contributed by atoms with Crippen LogP contribution in [0.15, 0.2) is 0 Å². The molecule has 276 valence electrons. The number of ether oxygens (including phenoxy) is 13. The fourth-order valence-electron chi connectivity index (χ4n) is 3.19. The molecule has 0 fully saturated rings. The quantitative estimate of drug-likeness (QED) is 0.0718. The van der Waals surface area contributed by atoms with Crippen LogP contribution in [0.3, 0.4) is 0 Å². The molecule has 0 aromatic heterocycles. The average Bonchev–Trinajstić information content (AvgIpc) is 3.06. The van der Waals surface area contributed by atoms with Gasteiger partial charge in [0.25, 0.3) is 0 Å². The smallest absolute Gasteiger partial charge is 0.305 e. The summed E-state index contributed by atoms with van der Waals surface area (Å²) in [5, 5.41) is 3.02. The van der Waals surface area contributed by atoms with Crippen molar-refractivity contribution in [1.29, 1.82) is 0 Å². The Hall–Kier alpha value is -1.05. The summed E-state index contributed by atoms with van der Waals surface area (Å²) in [7, 11) is 1.89. The maximum Gasteiger partial charge on any atom is 0.305 e. The number of carbonyl (C=O) groups excluding carboxylic acids is 1. The highest BCUT2D eigenvalue weighted by Crippen LogP contribution is 1.91. The summed E-state index contributed by atoms with van der Waals surface area (Å²) in [4.78, 5) is 11.2. The molecule has 0 bridgehead atoms. The van der Waals surface area contributed by atoms with Crippen LogP contribution in [0.25, 0.3) is 0 Å². The molecule has 1 N–H and O–H groups in total. The second-order valence-corrected chi connectivity index (χ2v) is 9.42. The molecule has 0 saturated carbocycles. The SMILES string of the molecule is CCCC(=O)OCCOCCOCCOCCOCCOCCOCCOCCOCCOCCOCCOCCOCCNC. The van der Waals surface area contributed by atoms with E-state index in [4.69, 9.17) is 61.6 Å². The number of likely N-dealkylation sites (N-methyl/N-ethyl adjacent to an activating group) is 1. The third-order valence-corrected chi connectivity index (χ3v) is 5.53. The van der Waals surface area contributed by atoms with Gasteiger partial charge in [0, 0.05) is 13.0 Å². The van der Waals surface area contributed by atoms with Crippen molar-refractivity contribution in [3.63, 3.8) is 0 Å². The minimum Gasteiger partial charge on any atom is -0.463 e. The number of rotatable bonds is 41. The molecule has 0 aliphatic carbocycles. The highest BCUT2D eigenvalue weighted by molar-refractivity contribution is 5.69. The third kappa shape index (κ3) is 41.0. The molecule has 0 aliphatic rings. The lowest BCUT2D eigenvalue weighted by atomic mass is 10.3. The fourth-order valence-corrected chi connectivity index (χ4v) is 3.19. The van der Waals surface area contributed by atoms with Crippen molar-refractivity contribution < 1.29 is 66.4 Å². The first kappa shape index (κ1) is 45.0. The van der Waals surface area contributed by atoms with E-state index in [-0.39, 0.29) is 12.6 Å². The van der Waals surface area contributed by atoms with Gasteiger partial charge in [-0.2, -0.15) is 0 Å². The zero-order chi connectivity index (χ0) is 33.3. The van der Waals surface area contributed by atoms with E-state index in [1.807, 2.05) is 14.0 Å². The van der Waals surface area contributed by atoms with E-state index in [1.54, 1.807) is 0 Å². The van der Waals surface area contributed by atoms with Crippen LogP contribution in [-0.2, 0) is 66.4 Å². The van der Waals surface area contributed by atoms with Gasteiger partial charge in [-0.05, 0) is 13.5 Å². The van der Waals surface area contributed by atoms with Crippen molar-refractivity contribution in [2.24, 2.45) is 0 Å². The van der Waals surface area contributed by atoms with Gasteiger partial charge in [0.1, 0.15) is 6.61 Å². The first-order valence-corrected chi connectivity index (χ1v) is 16.5. The minimum absolute atomic E-state index is 0.189. The number of hydrogen-bond donors (Lipinski definition) is 1. The summed E-state index contributed by atoms with van der Waals surface area (Å²) in [6, 6.07) is 0. The van der Waals surface area contributed by atoms with E-state index >= 15 is 0 Å². The summed E-state index contributed by atoms with van der Waals surface area (Å²) < 4.78 is 70.2. The van der Waals surface area contributed by atoms with Crippen LogP contribution in [-0.4, -0.2) is 185 Å². The molecule has 15 nitrogen and oxygen atoms in total. The summed E-state index contributed by atoms with van der Waals surface area (Å²) in [6.45, 7) is 15.3. The van der Waals surface area contributed by atoms with Crippen LogP contribution in [0.1, 0.15) is 19.8 Å². The van der Waals surface area contributed by atoms with Crippen LogP contribution >= 0.6 is 0 Å². The molecule has 0 amide bonds. The minimum atomic E-state index is -0.189. The van der Waals surface area contributed by atoms with Gasteiger partial charge in [-0.1, -0.05) is 6.92 Å². The number of carbonyl (C=O) groups is 1. The molecule has 0 unspecified atom stereocenters. The summed E-state index contributed by atoms with van der Waals surface area (Å²) >= 11 is 0. The highest BCUT2D eigenvalue weighted by Gasteiger charge is 2.00. The first-order chi connectivity index (χ1) is 22.8. The van der Waals surface area contributed by atoms with Crippen molar-refractivity contribution in [3.8, 4) is 0 Å². The van der Waals surface area contributed by atoms with Crippen LogP contribution < -0.4 is 5.32 Å².